The molecule has 2 aromatic carbocycles. The molecule has 1 amide bonds. The van der Waals surface area contributed by atoms with Gasteiger partial charge in [0.05, 0.1) is 22.6 Å². The molecule has 3 aromatic rings. The second-order valence-corrected chi connectivity index (χ2v) is 7.66. The van der Waals surface area contributed by atoms with Crippen LogP contribution in [0.5, 0.6) is 0 Å². The molecule has 5 nitrogen and oxygen atoms in total. The van der Waals surface area contributed by atoms with E-state index in [1.165, 1.54) is 4.90 Å². The molecule has 1 aromatic heterocycles. The van der Waals surface area contributed by atoms with E-state index in [9.17, 15) is 9.59 Å². The molecule has 0 N–H and O–H groups in total. The third-order valence-corrected chi connectivity index (χ3v) is 5.09. The van der Waals surface area contributed by atoms with E-state index in [1.54, 1.807) is 16.7 Å². The molecular formula is C21H21Cl2N3O2. The molecule has 0 aliphatic carbocycles. The Morgan fingerprint density at radius 1 is 1.18 bits per heavy atom. The van der Waals surface area contributed by atoms with E-state index in [0.29, 0.717) is 29.0 Å². The van der Waals surface area contributed by atoms with Gasteiger partial charge < -0.3 is 4.90 Å². The van der Waals surface area contributed by atoms with Crippen molar-refractivity contribution in [3.8, 4) is 5.69 Å². The van der Waals surface area contributed by atoms with Crippen LogP contribution >= 0.6 is 23.2 Å². The molecule has 1 atom stereocenters. The van der Waals surface area contributed by atoms with Gasteiger partial charge in [-0.2, -0.15) is 0 Å². The Morgan fingerprint density at radius 3 is 2.54 bits per heavy atom. The van der Waals surface area contributed by atoms with Gasteiger partial charge in [-0.05, 0) is 50.6 Å². The van der Waals surface area contributed by atoms with Gasteiger partial charge in [0.15, 0.2) is 4.84 Å². The van der Waals surface area contributed by atoms with Crippen LogP contribution < -0.4 is 5.56 Å². The molecule has 0 aliphatic rings. The van der Waals surface area contributed by atoms with Gasteiger partial charge in [0.2, 0.25) is 0 Å². The summed E-state index contributed by atoms with van der Waals surface area (Å²) in [6.45, 7) is 5.99. The van der Waals surface area contributed by atoms with Crippen molar-refractivity contribution in [3.05, 3.63) is 70.3 Å². The van der Waals surface area contributed by atoms with Crippen molar-refractivity contribution in [2.75, 3.05) is 6.54 Å². The standard InChI is InChI=1S/C21H21Cl2N3O2/c1-4-25(21(28)18(22)23)14(3)19-24-17-11-6-5-10-16(17)20(27)26(19)15-9-7-8-13(2)12-15/h5-12,14,18H,4H2,1-3H3. The Labute approximate surface area is 173 Å². The second kappa shape index (κ2) is 8.33. The van der Waals surface area contributed by atoms with Crippen molar-refractivity contribution in [2.24, 2.45) is 0 Å². The molecular weight excluding hydrogens is 397 g/mol. The fraction of sp³-hybridized carbons (Fsp3) is 0.286. The van der Waals surface area contributed by atoms with Crippen molar-refractivity contribution >= 4 is 40.0 Å². The Bertz CT molecular complexity index is 1080. The van der Waals surface area contributed by atoms with Crippen LogP contribution in [0.25, 0.3) is 16.6 Å². The lowest BCUT2D eigenvalue weighted by Crippen LogP contribution is -2.39. The summed E-state index contributed by atoms with van der Waals surface area (Å²) in [4.78, 5) is 30.9. The Kier molecular flexibility index (Phi) is 6.06. The van der Waals surface area contributed by atoms with E-state index in [4.69, 9.17) is 28.2 Å². The number of hydrogen-bond donors (Lipinski definition) is 0. The maximum atomic E-state index is 13.3. The number of carbonyl (C=O) groups is 1. The molecule has 0 saturated carbocycles. The summed E-state index contributed by atoms with van der Waals surface area (Å²) in [6, 6.07) is 14.3. The van der Waals surface area contributed by atoms with Crippen LogP contribution in [-0.2, 0) is 4.79 Å². The zero-order chi connectivity index (χ0) is 20.4. The normalized spacial score (nSPS) is 12.4. The van der Waals surface area contributed by atoms with Crippen LogP contribution in [0.3, 0.4) is 0 Å². The summed E-state index contributed by atoms with van der Waals surface area (Å²) >= 11 is 11.6. The lowest BCUT2D eigenvalue weighted by Gasteiger charge is -2.30. The van der Waals surface area contributed by atoms with Gasteiger partial charge >= 0.3 is 0 Å². The van der Waals surface area contributed by atoms with Crippen molar-refractivity contribution in [2.45, 2.75) is 31.6 Å². The molecule has 28 heavy (non-hydrogen) atoms. The van der Waals surface area contributed by atoms with E-state index >= 15 is 0 Å². The summed E-state index contributed by atoms with van der Waals surface area (Å²) in [5.74, 6) is 0.0371. The quantitative estimate of drug-likeness (QED) is 0.577. The summed E-state index contributed by atoms with van der Waals surface area (Å²) in [5.41, 5.74) is 2.10. The summed E-state index contributed by atoms with van der Waals surface area (Å²) < 4.78 is 1.56. The number of para-hydroxylation sites is 1. The third kappa shape index (κ3) is 3.77. The number of benzene rings is 2. The van der Waals surface area contributed by atoms with Crippen LogP contribution in [0.1, 0.15) is 31.3 Å². The van der Waals surface area contributed by atoms with Crippen LogP contribution in [0.2, 0.25) is 0 Å². The fourth-order valence-corrected chi connectivity index (χ4v) is 3.58. The van der Waals surface area contributed by atoms with E-state index < -0.39 is 16.8 Å². The highest BCUT2D eigenvalue weighted by molar-refractivity contribution is 6.53. The highest BCUT2D eigenvalue weighted by Crippen LogP contribution is 2.24. The van der Waals surface area contributed by atoms with Gasteiger partial charge in [-0.3, -0.25) is 14.2 Å². The fourth-order valence-electron chi connectivity index (χ4n) is 3.33. The first kappa shape index (κ1) is 20.4. The van der Waals surface area contributed by atoms with Gasteiger partial charge in [-0.25, -0.2) is 4.98 Å². The van der Waals surface area contributed by atoms with E-state index in [0.717, 1.165) is 5.56 Å². The molecule has 7 heteroatoms. The van der Waals surface area contributed by atoms with Crippen LogP contribution in [0.15, 0.2) is 53.3 Å². The molecule has 0 bridgehead atoms. The van der Waals surface area contributed by atoms with Gasteiger partial charge in [-0.1, -0.05) is 47.5 Å². The number of halogens is 2. The Hall–Kier alpha value is -2.37. The first-order chi connectivity index (χ1) is 13.3. The zero-order valence-corrected chi connectivity index (χ0v) is 17.4. The van der Waals surface area contributed by atoms with Crippen LogP contribution in [0, 0.1) is 6.92 Å². The minimum atomic E-state index is -1.18. The Morgan fingerprint density at radius 2 is 1.89 bits per heavy atom. The average molecular weight is 418 g/mol. The minimum absolute atomic E-state index is 0.185. The molecule has 1 heterocycles. The number of nitrogens with zero attached hydrogens (tertiary/aromatic N) is 3. The molecule has 0 fully saturated rings. The Balaban J connectivity index is 2.30. The molecule has 0 radical (unpaired) electrons. The predicted octanol–water partition coefficient (Wildman–Crippen LogP) is 4.41. The van der Waals surface area contributed by atoms with Crippen molar-refractivity contribution < 1.29 is 4.79 Å². The third-order valence-electron chi connectivity index (χ3n) is 4.71. The number of hydrogen-bond acceptors (Lipinski definition) is 3. The van der Waals surface area contributed by atoms with Gasteiger partial charge in [0.25, 0.3) is 11.5 Å². The highest BCUT2D eigenvalue weighted by atomic mass is 35.5. The zero-order valence-electron chi connectivity index (χ0n) is 15.9. The van der Waals surface area contributed by atoms with Crippen LogP contribution in [-0.4, -0.2) is 31.7 Å². The number of aromatic nitrogens is 2. The molecule has 3 rings (SSSR count). The number of amides is 1. The van der Waals surface area contributed by atoms with Crippen molar-refractivity contribution in [3.63, 3.8) is 0 Å². The predicted molar refractivity (Wildman–Crippen MR) is 113 cm³/mol. The average Bonchev–Trinajstić information content (AvgIpc) is 2.68. The van der Waals surface area contributed by atoms with E-state index in [2.05, 4.69) is 0 Å². The van der Waals surface area contributed by atoms with Crippen molar-refractivity contribution in [1.82, 2.24) is 14.5 Å². The molecule has 0 aliphatic heterocycles. The SMILES string of the molecule is CCN(C(=O)C(Cl)Cl)C(C)c1nc2ccccc2c(=O)n1-c1cccc(C)c1. The summed E-state index contributed by atoms with van der Waals surface area (Å²) in [6.07, 6.45) is 0. The van der Waals surface area contributed by atoms with Crippen molar-refractivity contribution in [1.29, 1.82) is 0 Å². The number of carbonyl (C=O) groups excluding carboxylic acids is 1. The monoisotopic (exact) mass is 417 g/mol. The first-order valence-corrected chi connectivity index (χ1v) is 9.89. The van der Waals surface area contributed by atoms with E-state index in [-0.39, 0.29) is 5.56 Å². The van der Waals surface area contributed by atoms with E-state index in [1.807, 2.05) is 57.2 Å². The minimum Gasteiger partial charge on any atom is -0.331 e. The largest absolute Gasteiger partial charge is 0.331 e. The molecule has 0 saturated heterocycles. The number of alkyl halides is 2. The topological polar surface area (TPSA) is 55.2 Å². The van der Waals surface area contributed by atoms with Gasteiger partial charge in [-0.15, -0.1) is 0 Å². The van der Waals surface area contributed by atoms with Gasteiger partial charge in [0.1, 0.15) is 5.82 Å². The number of fused-ring (bicyclic) bond motifs is 1. The maximum absolute atomic E-state index is 13.3. The smallest absolute Gasteiger partial charge is 0.266 e. The second-order valence-electron chi connectivity index (χ2n) is 6.57. The van der Waals surface area contributed by atoms with Crippen LogP contribution in [0.4, 0.5) is 0 Å². The molecule has 0 spiro atoms. The lowest BCUT2D eigenvalue weighted by atomic mass is 10.1. The number of rotatable bonds is 5. The molecule has 146 valence electrons. The summed E-state index contributed by atoms with van der Waals surface area (Å²) in [5, 5.41) is 0.516. The van der Waals surface area contributed by atoms with Gasteiger partial charge in [0, 0.05) is 6.54 Å². The maximum Gasteiger partial charge on any atom is 0.266 e. The summed E-state index contributed by atoms with van der Waals surface area (Å²) in [7, 11) is 0. The molecule has 1 unspecified atom stereocenters. The number of aryl methyl sites for hydroxylation is 1. The highest BCUT2D eigenvalue weighted by Gasteiger charge is 2.28. The lowest BCUT2D eigenvalue weighted by molar-refractivity contribution is -0.131. The first-order valence-electron chi connectivity index (χ1n) is 9.02.